The molecular weight excluding hydrogens is 340 g/mol. The summed E-state index contributed by atoms with van der Waals surface area (Å²) in [7, 11) is 1.84. The van der Waals surface area contributed by atoms with Crippen LogP contribution in [0.3, 0.4) is 0 Å². The molecule has 8 heteroatoms. The lowest BCUT2D eigenvalue weighted by Crippen LogP contribution is -2.15. The SMILES string of the molecule is Cn1cc(Nc2cc(NCc3ccccc3C(N)=O)c(Cl)cn2)cn1. The topological polar surface area (TPSA) is 97.9 Å². The Bertz CT molecular complexity index is 908. The average molecular weight is 357 g/mol. The lowest BCUT2D eigenvalue weighted by atomic mass is 10.1. The molecular formula is C17H17ClN6O. The molecule has 25 heavy (non-hydrogen) atoms. The summed E-state index contributed by atoms with van der Waals surface area (Å²) in [5, 5.41) is 10.9. The summed E-state index contributed by atoms with van der Waals surface area (Å²) in [4.78, 5) is 15.7. The molecule has 128 valence electrons. The number of carbonyl (C=O) groups excluding carboxylic acids is 1. The zero-order valence-corrected chi connectivity index (χ0v) is 14.3. The molecule has 2 aromatic heterocycles. The first kappa shape index (κ1) is 16.8. The molecule has 3 rings (SSSR count). The number of carbonyl (C=O) groups is 1. The highest BCUT2D eigenvalue weighted by atomic mass is 35.5. The Balaban J connectivity index is 1.76. The molecule has 0 aliphatic heterocycles. The van der Waals surface area contributed by atoms with Crippen LogP contribution in [0, 0.1) is 0 Å². The molecule has 1 aromatic carbocycles. The van der Waals surface area contributed by atoms with Crippen molar-refractivity contribution in [2.75, 3.05) is 10.6 Å². The van der Waals surface area contributed by atoms with Gasteiger partial charge in [-0.2, -0.15) is 5.10 Å². The van der Waals surface area contributed by atoms with Crippen LogP contribution in [0.15, 0.2) is 48.9 Å². The fourth-order valence-corrected chi connectivity index (χ4v) is 2.55. The molecule has 4 N–H and O–H groups in total. The lowest BCUT2D eigenvalue weighted by Gasteiger charge is -2.12. The van der Waals surface area contributed by atoms with E-state index in [0.717, 1.165) is 11.3 Å². The summed E-state index contributed by atoms with van der Waals surface area (Å²) in [6, 6.07) is 8.97. The Morgan fingerprint density at radius 2 is 2.12 bits per heavy atom. The summed E-state index contributed by atoms with van der Waals surface area (Å²) in [5.74, 6) is 0.167. The molecule has 1 amide bonds. The summed E-state index contributed by atoms with van der Waals surface area (Å²) in [5.41, 5.74) is 8.20. The number of nitrogens with zero attached hydrogens (tertiary/aromatic N) is 3. The van der Waals surface area contributed by atoms with Gasteiger partial charge in [-0.15, -0.1) is 0 Å². The highest BCUT2D eigenvalue weighted by Gasteiger charge is 2.09. The predicted octanol–water partition coefficient (Wildman–Crippen LogP) is 2.92. The van der Waals surface area contributed by atoms with E-state index in [1.54, 1.807) is 35.3 Å². The normalized spacial score (nSPS) is 10.5. The molecule has 0 saturated carbocycles. The Kier molecular flexibility index (Phi) is 4.85. The third-order valence-corrected chi connectivity index (χ3v) is 3.89. The maximum absolute atomic E-state index is 11.5. The summed E-state index contributed by atoms with van der Waals surface area (Å²) in [6.07, 6.45) is 5.10. The largest absolute Gasteiger partial charge is 0.380 e. The van der Waals surface area contributed by atoms with E-state index < -0.39 is 5.91 Å². The number of hydrogen-bond donors (Lipinski definition) is 3. The van der Waals surface area contributed by atoms with Gasteiger partial charge in [-0.05, 0) is 11.6 Å². The minimum absolute atomic E-state index is 0.412. The fraction of sp³-hybridized carbons (Fsp3) is 0.118. The van der Waals surface area contributed by atoms with Crippen molar-refractivity contribution in [2.24, 2.45) is 12.8 Å². The number of aromatic nitrogens is 3. The second-order valence-electron chi connectivity index (χ2n) is 5.45. The molecule has 0 aliphatic rings. The molecule has 0 unspecified atom stereocenters. The molecule has 0 atom stereocenters. The quantitative estimate of drug-likeness (QED) is 0.630. The minimum Gasteiger partial charge on any atom is -0.380 e. The van der Waals surface area contributed by atoms with Gasteiger partial charge in [-0.25, -0.2) is 4.98 Å². The van der Waals surface area contributed by atoms with Crippen LogP contribution in [0.5, 0.6) is 0 Å². The first-order chi connectivity index (χ1) is 12.0. The number of halogens is 1. The molecule has 0 fully saturated rings. The van der Waals surface area contributed by atoms with E-state index in [9.17, 15) is 4.79 Å². The lowest BCUT2D eigenvalue weighted by molar-refractivity contribution is 0.0999. The van der Waals surface area contributed by atoms with Gasteiger partial charge in [-0.3, -0.25) is 9.48 Å². The standard InChI is InChI=1S/C17H17ClN6O/c1-24-10-12(8-22-24)23-16-6-15(14(18)9-21-16)20-7-11-4-2-3-5-13(11)17(19)25/h2-6,8-10H,7H2,1H3,(H2,19,25)(H2,20,21,23). The molecule has 7 nitrogen and oxygen atoms in total. The first-order valence-corrected chi connectivity index (χ1v) is 7.93. The van der Waals surface area contributed by atoms with Crippen molar-refractivity contribution in [3.8, 4) is 0 Å². The van der Waals surface area contributed by atoms with Crippen LogP contribution in [0.2, 0.25) is 5.02 Å². The predicted molar refractivity (Wildman–Crippen MR) is 98.0 cm³/mol. The Morgan fingerprint density at radius 1 is 1.32 bits per heavy atom. The zero-order chi connectivity index (χ0) is 17.8. The summed E-state index contributed by atoms with van der Waals surface area (Å²) >= 11 is 6.21. The molecule has 0 aliphatic carbocycles. The molecule has 0 bridgehead atoms. The van der Waals surface area contributed by atoms with Gasteiger partial charge < -0.3 is 16.4 Å². The van der Waals surface area contributed by atoms with Crippen LogP contribution in [-0.2, 0) is 13.6 Å². The maximum atomic E-state index is 11.5. The highest BCUT2D eigenvalue weighted by Crippen LogP contribution is 2.26. The van der Waals surface area contributed by atoms with Gasteiger partial charge in [-0.1, -0.05) is 29.8 Å². The molecule has 2 heterocycles. The van der Waals surface area contributed by atoms with Gasteiger partial charge in [0.05, 0.1) is 28.8 Å². The minimum atomic E-state index is -0.461. The Hall–Kier alpha value is -3.06. The van der Waals surface area contributed by atoms with E-state index in [1.165, 1.54) is 0 Å². The smallest absolute Gasteiger partial charge is 0.249 e. The van der Waals surface area contributed by atoms with Crippen molar-refractivity contribution in [1.29, 1.82) is 0 Å². The first-order valence-electron chi connectivity index (χ1n) is 7.56. The molecule has 0 saturated heterocycles. The van der Waals surface area contributed by atoms with E-state index in [-0.39, 0.29) is 0 Å². The van der Waals surface area contributed by atoms with Crippen LogP contribution in [-0.4, -0.2) is 20.7 Å². The van der Waals surface area contributed by atoms with Crippen LogP contribution >= 0.6 is 11.6 Å². The third-order valence-electron chi connectivity index (χ3n) is 3.58. The number of nitrogens with one attached hydrogen (secondary N) is 2. The maximum Gasteiger partial charge on any atom is 0.249 e. The van der Waals surface area contributed by atoms with Crippen molar-refractivity contribution in [1.82, 2.24) is 14.8 Å². The highest BCUT2D eigenvalue weighted by molar-refractivity contribution is 6.33. The number of nitrogens with two attached hydrogens (primary N) is 1. The van der Waals surface area contributed by atoms with E-state index in [1.807, 2.05) is 25.4 Å². The van der Waals surface area contributed by atoms with Gasteiger partial charge in [0.25, 0.3) is 0 Å². The van der Waals surface area contributed by atoms with Gasteiger partial charge in [0.2, 0.25) is 5.91 Å². The van der Waals surface area contributed by atoms with Gasteiger partial charge in [0.1, 0.15) is 5.82 Å². The Labute approximate surface area is 149 Å². The summed E-state index contributed by atoms with van der Waals surface area (Å²) < 4.78 is 1.69. The number of hydrogen-bond acceptors (Lipinski definition) is 5. The Morgan fingerprint density at radius 3 is 2.84 bits per heavy atom. The second kappa shape index (κ2) is 7.23. The van der Waals surface area contributed by atoms with Crippen molar-refractivity contribution in [3.63, 3.8) is 0 Å². The zero-order valence-electron chi connectivity index (χ0n) is 13.5. The van der Waals surface area contributed by atoms with Crippen LogP contribution < -0.4 is 16.4 Å². The number of aryl methyl sites for hydroxylation is 1. The van der Waals surface area contributed by atoms with Gasteiger partial charge in [0.15, 0.2) is 0 Å². The average Bonchev–Trinajstić information content (AvgIpc) is 3.00. The number of anilines is 3. The fourth-order valence-electron chi connectivity index (χ4n) is 2.38. The van der Waals surface area contributed by atoms with E-state index in [0.29, 0.717) is 28.6 Å². The number of rotatable bonds is 6. The molecule has 3 aromatic rings. The molecule has 0 spiro atoms. The van der Waals surface area contributed by atoms with Crippen LogP contribution in [0.1, 0.15) is 15.9 Å². The third kappa shape index (κ3) is 4.07. The number of amides is 1. The number of primary amides is 1. The van der Waals surface area contributed by atoms with Crippen molar-refractivity contribution in [2.45, 2.75) is 6.54 Å². The van der Waals surface area contributed by atoms with Gasteiger partial charge >= 0.3 is 0 Å². The summed E-state index contributed by atoms with van der Waals surface area (Å²) in [6.45, 7) is 0.412. The number of benzene rings is 1. The van der Waals surface area contributed by atoms with Crippen LogP contribution in [0.25, 0.3) is 0 Å². The van der Waals surface area contributed by atoms with E-state index in [4.69, 9.17) is 17.3 Å². The monoisotopic (exact) mass is 356 g/mol. The van der Waals surface area contributed by atoms with E-state index >= 15 is 0 Å². The number of pyridine rings is 1. The van der Waals surface area contributed by atoms with Gasteiger partial charge in [0, 0.05) is 31.4 Å². The van der Waals surface area contributed by atoms with Crippen molar-refractivity contribution in [3.05, 3.63) is 65.1 Å². The van der Waals surface area contributed by atoms with Crippen molar-refractivity contribution >= 4 is 34.7 Å². The molecule has 0 radical (unpaired) electrons. The second-order valence-corrected chi connectivity index (χ2v) is 5.86. The van der Waals surface area contributed by atoms with E-state index in [2.05, 4.69) is 20.7 Å². The van der Waals surface area contributed by atoms with Crippen LogP contribution in [0.4, 0.5) is 17.2 Å². The van der Waals surface area contributed by atoms with Crippen molar-refractivity contribution < 1.29 is 4.79 Å².